The SMILES string of the molecule is CCOc1cc(-c2cnc(N3C[C@@H]4[C@H](C3)[C@H]4NC(=O)OC(C)(C)C)cn2)c2c(C#N)cnn2c1. The van der Waals surface area contributed by atoms with Crippen LogP contribution in [0, 0.1) is 23.2 Å². The third-order valence-corrected chi connectivity index (χ3v) is 6.13. The summed E-state index contributed by atoms with van der Waals surface area (Å²) >= 11 is 0. The number of carbonyl (C=O) groups is 1. The van der Waals surface area contributed by atoms with Crippen LogP contribution in [0.5, 0.6) is 5.75 Å². The van der Waals surface area contributed by atoms with Crippen molar-refractivity contribution in [1.82, 2.24) is 24.9 Å². The lowest BCUT2D eigenvalue weighted by Crippen LogP contribution is -2.38. The number of nitrogens with one attached hydrogen (secondary N) is 1. The van der Waals surface area contributed by atoms with Crippen LogP contribution in [-0.2, 0) is 4.74 Å². The highest BCUT2D eigenvalue weighted by atomic mass is 16.6. The maximum atomic E-state index is 12.0. The summed E-state index contributed by atoms with van der Waals surface area (Å²) in [6.45, 7) is 9.62. The molecule has 10 nitrogen and oxygen atoms in total. The van der Waals surface area contributed by atoms with E-state index >= 15 is 0 Å². The number of hydrogen-bond acceptors (Lipinski definition) is 8. The Morgan fingerprint density at radius 1 is 1.24 bits per heavy atom. The molecule has 34 heavy (non-hydrogen) atoms. The number of amides is 1. The summed E-state index contributed by atoms with van der Waals surface area (Å²) in [7, 11) is 0. The average Bonchev–Trinajstić information content (AvgIpc) is 3.14. The minimum atomic E-state index is -0.504. The Bertz CT molecular complexity index is 1260. The third kappa shape index (κ3) is 4.09. The highest BCUT2D eigenvalue weighted by molar-refractivity contribution is 5.83. The summed E-state index contributed by atoms with van der Waals surface area (Å²) in [5.74, 6) is 2.22. The smallest absolute Gasteiger partial charge is 0.407 e. The number of nitrogens with zero attached hydrogens (tertiary/aromatic N) is 6. The second-order valence-electron chi connectivity index (χ2n) is 9.65. The zero-order valence-electron chi connectivity index (χ0n) is 19.6. The monoisotopic (exact) mass is 461 g/mol. The van der Waals surface area contributed by atoms with Crippen molar-refractivity contribution >= 4 is 17.4 Å². The molecule has 1 saturated carbocycles. The normalized spacial score (nSPS) is 21.1. The molecule has 10 heteroatoms. The first kappa shape index (κ1) is 21.9. The lowest BCUT2D eigenvalue weighted by atomic mass is 10.1. The summed E-state index contributed by atoms with van der Waals surface area (Å²) in [6, 6.07) is 4.20. The molecule has 0 radical (unpaired) electrons. The molecule has 5 rings (SSSR count). The molecule has 4 heterocycles. The minimum absolute atomic E-state index is 0.152. The van der Waals surface area contributed by atoms with Crippen molar-refractivity contribution in [1.29, 1.82) is 5.26 Å². The number of piperidine rings is 1. The van der Waals surface area contributed by atoms with E-state index in [-0.39, 0.29) is 12.1 Å². The highest BCUT2D eigenvalue weighted by Gasteiger charge is 2.57. The molecule has 3 aromatic heterocycles. The summed E-state index contributed by atoms with van der Waals surface area (Å²) in [6.07, 6.45) is 6.40. The highest BCUT2D eigenvalue weighted by Crippen LogP contribution is 2.46. The fourth-order valence-corrected chi connectivity index (χ4v) is 4.61. The zero-order chi connectivity index (χ0) is 24.0. The van der Waals surface area contributed by atoms with Gasteiger partial charge in [-0.2, -0.15) is 10.4 Å². The van der Waals surface area contributed by atoms with Crippen LogP contribution in [-0.4, -0.2) is 57.0 Å². The standard InChI is InChI=1S/C24H27N7O3/c1-5-33-15-6-16(22-14(7-25)8-28-31(22)11-15)19-9-27-20(10-26-19)30-12-17-18(13-30)21(17)29-23(32)34-24(2,3)4/h6,8-11,17-18,21H,5,12-13H2,1-4H3,(H,29,32)/t17-,18+,21+. The number of anilines is 1. The maximum Gasteiger partial charge on any atom is 0.407 e. The molecule has 0 aromatic carbocycles. The lowest BCUT2D eigenvalue weighted by molar-refractivity contribution is 0.0518. The molecular formula is C24H27N7O3. The molecule has 1 saturated heterocycles. The van der Waals surface area contributed by atoms with E-state index in [4.69, 9.17) is 9.47 Å². The minimum Gasteiger partial charge on any atom is -0.492 e. The van der Waals surface area contributed by atoms with Gasteiger partial charge in [0.25, 0.3) is 0 Å². The van der Waals surface area contributed by atoms with Gasteiger partial charge in [-0.3, -0.25) is 4.98 Å². The number of carbonyl (C=O) groups excluding carboxylic acids is 1. The summed E-state index contributed by atoms with van der Waals surface area (Å²) < 4.78 is 12.7. The Kier molecular flexibility index (Phi) is 5.27. The molecule has 1 N–H and O–H groups in total. The topological polar surface area (TPSA) is 118 Å². The molecule has 176 valence electrons. The number of rotatable bonds is 5. The maximum absolute atomic E-state index is 12.0. The van der Waals surface area contributed by atoms with Gasteiger partial charge in [0.2, 0.25) is 0 Å². The number of alkyl carbamates (subject to hydrolysis) is 1. The molecule has 1 aliphatic carbocycles. The lowest BCUT2D eigenvalue weighted by Gasteiger charge is -2.23. The van der Waals surface area contributed by atoms with Gasteiger partial charge in [0.1, 0.15) is 23.2 Å². The third-order valence-electron chi connectivity index (χ3n) is 6.13. The summed E-state index contributed by atoms with van der Waals surface area (Å²) in [5.41, 5.74) is 2.01. The van der Waals surface area contributed by atoms with Gasteiger partial charge in [-0.15, -0.1) is 0 Å². The van der Waals surface area contributed by atoms with E-state index in [1.807, 2.05) is 33.8 Å². The van der Waals surface area contributed by atoms with Gasteiger partial charge in [-0.05, 0) is 33.8 Å². The Balaban J connectivity index is 1.30. The first-order chi connectivity index (χ1) is 16.3. The predicted octanol–water partition coefficient (Wildman–Crippen LogP) is 3.02. The number of hydrogen-bond donors (Lipinski definition) is 1. The number of pyridine rings is 1. The zero-order valence-corrected chi connectivity index (χ0v) is 19.6. The summed E-state index contributed by atoms with van der Waals surface area (Å²) in [4.78, 5) is 23.5. The van der Waals surface area contributed by atoms with E-state index in [1.54, 1.807) is 23.1 Å². The van der Waals surface area contributed by atoms with E-state index < -0.39 is 5.60 Å². The van der Waals surface area contributed by atoms with Gasteiger partial charge >= 0.3 is 6.09 Å². The Morgan fingerprint density at radius 2 is 2.00 bits per heavy atom. The molecular weight excluding hydrogens is 434 g/mol. The molecule has 0 bridgehead atoms. The van der Waals surface area contributed by atoms with Crippen LogP contribution in [0.1, 0.15) is 33.3 Å². The molecule has 3 aromatic rings. The van der Waals surface area contributed by atoms with Crippen LogP contribution in [0.2, 0.25) is 0 Å². The molecule has 0 unspecified atom stereocenters. The fraction of sp³-hybridized carbons (Fsp3) is 0.458. The number of nitriles is 1. The van der Waals surface area contributed by atoms with Gasteiger partial charge in [-0.1, -0.05) is 0 Å². The second kappa shape index (κ2) is 8.17. The number of ether oxygens (including phenoxy) is 2. The van der Waals surface area contributed by atoms with E-state index in [1.165, 1.54) is 6.20 Å². The van der Waals surface area contributed by atoms with Crippen molar-refractivity contribution in [2.75, 3.05) is 24.6 Å². The van der Waals surface area contributed by atoms with Crippen molar-refractivity contribution in [3.63, 3.8) is 0 Å². The fourth-order valence-electron chi connectivity index (χ4n) is 4.61. The van der Waals surface area contributed by atoms with Gasteiger partial charge in [-0.25, -0.2) is 14.3 Å². The molecule has 1 aliphatic heterocycles. The van der Waals surface area contributed by atoms with E-state index in [0.29, 0.717) is 41.0 Å². The van der Waals surface area contributed by atoms with Crippen molar-refractivity contribution in [3.05, 3.63) is 36.4 Å². The molecule has 2 fully saturated rings. The van der Waals surface area contributed by atoms with Crippen LogP contribution < -0.4 is 15.0 Å². The molecule has 0 spiro atoms. The quantitative estimate of drug-likeness (QED) is 0.616. The van der Waals surface area contributed by atoms with Crippen LogP contribution in [0.4, 0.5) is 10.6 Å². The predicted molar refractivity (Wildman–Crippen MR) is 124 cm³/mol. The number of fused-ring (bicyclic) bond motifs is 2. The Morgan fingerprint density at radius 3 is 2.62 bits per heavy atom. The second-order valence-corrected chi connectivity index (χ2v) is 9.65. The Labute approximate surface area is 197 Å². The van der Waals surface area contributed by atoms with Crippen LogP contribution >= 0.6 is 0 Å². The molecule has 2 aliphatic rings. The van der Waals surface area contributed by atoms with Gasteiger partial charge < -0.3 is 19.7 Å². The first-order valence-electron chi connectivity index (χ1n) is 11.4. The van der Waals surface area contributed by atoms with E-state index in [2.05, 4.69) is 31.4 Å². The van der Waals surface area contributed by atoms with Crippen molar-refractivity contribution in [3.8, 4) is 23.1 Å². The van der Waals surface area contributed by atoms with Gasteiger partial charge in [0.05, 0.1) is 48.2 Å². The largest absolute Gasteiger partial charge is 0.492 e. The number of aromatic nitrogens is 4. The van der Waals surface area contributed by atoms with Crippen molar-refractivity contribution in [2.45, 2.75) is 39.3 Å². The average molecular weight is 462 g/mol. The summed E-state index contributed by atoms with van der Waals surface area (Å²) in [5, 5.41) is 16.8. The first-order valence-corrected chi connectivity index (χ1v) is 11.4. The molecule has 3 atom stereocenters. The van der Waals surface area contributed by atoms with E-state index in [9.17, 15) is 10.1 Å². The van der Waals surface area contributed by atoms with Gasteiger partial charge in [0.15, 0.2) is 0 Å². The van der Waals surface area contributed by atoms with Crippen LogP contribution in [0.25, 0.3) is 16.8 Å². The van der Waals surface area contributed by atoms with Crippen LogP contribution in [0.3, 0.4) is 0 Å². The van der Waals surface area contributed by atoms with Crippen molar-refractivity contribution < 1.29 is 14.3 Å². The van der Waals surface area contributed by atoms with Gasteiger partial charge in [0, 0.05) is 36.5 Å². The Hall–Kier alpha value is -3.87. The van der Waals surface area contributed by atoms with Crippen molar-refractivity contribution in [2.24, 2.45) is 11.8 Å². The van der Waals surface area contributed by atoms with E-state index in [0.717, 1.165) is 24.5 Å². The van der Waals surface area contributed by atoms with Crippen LogP contribution in [0.15, 0.2) is 30.9 Å². The molecule has 1 amide bonds.